The van der Waals surface area contributed by atoms with E-state index in [2.05, 4.69) is 5.32 Å². The molecule has 0 aromatic heterocycles. The molecule has 0 radical (unpaired) electrons. The molecule has 1 aliphatic carbocycles. The molecule has 1 rings (SSSR count). The highest BCUT2D eigenvalue weighted by atomic mass is 19.3. The van der Waals surface area contributed by atoms with Crippen LogP contribution in [-0.2, 0) is 9.59 Å². The zero-order valence-electron chi connectivity index (χ0n) is 10.4. The first-order valence-electron chi connectivity index (χ1n) is 6.20. The van der Waals surface area contributed by atoms with Gasteiger partial charge in [0.1, 0.15) is 0 Å². The number of carbonyl (C=O) groups excluding carboxylic acids is 1. The second kappa shape index (κ2) is 6.11. The third-order valence-electron chi connectivity index (χ3n) is 3.39. The molecule has 104 valence electrons. The molecule has 0 heterocycles. The third kappa shape index (κ3) is 4.58. The molecule has 18 heavy (non-hydrogen) atoms. The minimum absolute atomic E-state index is 0.202. The summed E-state index contributed by atoms with van der Waals surface area (Å²) in [5.41, 5.74) is 0. The summed E-state index contributed by atoms with van der Waals surface area (Å²) < 4.78 is 25.8. The number of carboxylic acids is 1. The van der Waals surface area contributed by atoms with Gasteiger partial charge in [-0.25, -0.2) is 8.78 Å². The van der Waals surface area contributed by atoms with Crippen LogP contribution in [0, 0.1) is 11.8 Å². The van der Waals surface area contributed by atoms with Gasteiger partial charge < -0.3 is 10.4 Å². The Labute approximate surface area is 105 Å². The van der Waals surface area contributed by atoms with Crippen molar-refractivity contribution in [2.24, 2.45) is 11.8 Å². The first-order chi connectivity index (χ1) is 8.32. The summed E-state index contributed by atoms with van der Waals surface area (Å²) >= 11 is 0. The van der Waals surface area contributed by atoms with Crippen molar-refractivity contribution in [3.8, 4) is 0 Å². The van der Waals surface area contributed by atoms with Crippen molar-refractivity contribution in [2.45, 2.75) is 45.0 Å². The molecule has 0 saturated heterocycles. The first-order valence-corrected chi connectivity index (χ1v) is 6.20. The SMILES string of the molecule is CC(CCNC(=O)C1CCC(F)(F)CC1)C(=O)O. The minimum Gasteiger partial charge on any atom is -0.481 e. The van der Waals surface area contributed by atoms with Crippen molar-refractivity contribution in [2.75, 3.05) is 6.54 Å². The molecule has 1 atom stereocenters. The Hall–Kier alpha value is -1.20. The predicted molar refractivity (Wildman–Crippen MR) is 61.3 cm³/mol. The number of halogens is 2. The van der Waals surface area contributed by atoms with E-state index >= 15 is 0 Å². The van der Waals surface area contributed by atoms with Gasteiger partial charge >= 0.3 is 5.97 Å². The van der Waals surface area contributed by atoms with Gasteiger partial charge in [0.25, 0.3) is 0 Å². The van der Waals surface area contributed by atoms with Crippen molar-refractivity contribution in [1.82, 2.24) is 5.32 Å². The topological polar surface area (TPSA) is 66.4 Å². The van der Waals surface area contributed by atoms with Gasteiger partial charge in [-0.2, -0.15) is 0 Å². The van der Waals surface area contributed by atoms with E-state index in [-0.39, 0.29) is 44.1 Å². The number of carbonyl (C=O) groups is 2. The smallest absolute Gasteiger partial charge is 0.306 e. The molecule has 1 amide bonds. The number of hydrogen-bond donors (Lipinski definition) is 2. The molecule has 1 aliphatic rings. The van der Waals surface area contributed by atoms with Crippen LogP contribution in [0.5, 0.6) is 0 Å². The zero-order valence-corrected chi connectivity index (χ0v) is 10.4. The summed E-state index contributed by atoms with van der Waals surface area (Å²) in [5.74, 6) is -4.63. The molecule has 1 fully saturated rings. The number of carboxylic acid groups (broad SMARTS) is 1. The van der Waals surface area contributed by atoms with Crippen LogP contribution >= 0.6 is 0 Å². The Bertz CT molecular complexity index is 310. The summed E-state index contributed by atoms with van der Waals surface area (Å²) in [6.45, 7) is 1.84. The van der Waals surface area contributed by atoms with E-state index < -0.39 is 17.8 Å². The Morgan fingerprint density at radius 3 is 2.44 bits per heavy atom. The normalized spacial score (nSPS) is 21.3. The van der Waals surface area contributed by atoms with Crippen LogP contribution in [0.3, 0.4) is 0 Å². The van der Waals surface area contributed by atoms with Crippen LogP contribution in [0.4, 0.5) is 8.78 Å². The van der Waals surface area contributed by atoms with E-state index in [0.717, 1.165) is 0 Å². The average Bonchev–Trinajstić information content (AvgIpc) is 2.28. The van der Waals surface area contributed by atoms with Gasteiger partial charge in [0.05, 0.1) is 5.92 Å². The van der Waals surface area contributed by atoms with Crippen molar-refractivity contribution in [3.05, 3.63) is 0 Å². The van der Waals surface area contributed by atoms with Crippen LogP contribution in [0.2, 0.25) is 0 Å². The van der Waals surface area contributed by atoms with E-state index in [9.17, 15) is 18.4 Å². The molecule has 0 bridgehead atoms. The number of amides is 1. The number of rotatable bonds is 5. The van der Waals surface area contributed by atoms with Crippen molar-refractivity contribution in [3.63, 3.8) is 0 Å². The van der Waals surface area contributed by atoms with Gasteiger partial charge in [0.15, 0.2) is 0 Å². The van der Waals surface area contributed by atoms with Gasteiger partial charge in [-0.1, -0.05) is 6.92 Å². The Morgan fingerprint density at radius 2 is 1.94 bits per heavy atom. The molecule has 0 aromatic rings. The zero-order chi connectivity index (χ0) is 13.8. The summed E-state index contributed by atoms with van der Waals surface area (Å²) in [4.78, 5) is 22.2. The fraction of sp³-hybridized carbons (Fsp3) is 0.833. The molecule has 1 saturated carbocycles. The Balaban J connectivity index is 2.24. The third-order valence-corrected chi connectivity index (χ3v) is 3.39. The maximum Gasteiger partial charge on any atom is 0.306 e. The van der Waals surface area contributed by atoms with Crippen molar-refractivity contribution >= 4 is 11.9 Å². The van der Waals surface area contributed by atoms with Gasteiger partial charge in [0.2, 0.25) is 11.8 Å². The van der Waals surface area contributed by atoms with Gasteiger partial charge in [-0.15, -0.1) is 0 Å². The van der Waals surface area contributed by atoms with Crippen LogP contribution in [-0.4, -0.2) is 29.5 Å². The van der Waals surface area contributed by atoms with Gasteiger partial charge in [-0.3, -0.25) is 9.59 Å². The van der Waals surface area contributed by atoms with E-state index in [1.807, 2.05) is 0 Å². The maximum atomic E-state index is 12.9. The van der Waals surface area contributed by atoms with E-state index in [4.69, 9.17) is 5.11 Å². The van der Waals surface area contributed by atoms with E-state index in [1.165, 1.54) is 0 Å². The van der Waals surface area contributed by atoms with Gasteiger partial charge in [0, 0.05) is 25.3 Å². The first kappa shape index (κ1) is 14.9. The number of hydrogen-bond acceptors (Lipinski definition) is 2. The summed E-state index contributed by atoms with van der Waals surface area (Å²) in [7, 11) is 0. The molecule has 2 N–H and O–H groups in total. The van der Waals surface area contributed by atoms with Crippen LogP contribution in [0.15, 0.2) is 0 Å². The fourth-order valence-electron chi connectivity index (χ4n) is 1.98. The molecular formula is C12H19F2NO3. The lowest BCUT2D eigenvalue weighted by atomic mass is 9.86. The molecule has 1 unspecified atom stereocenters. The number of nitrogens with one attached hydrogen (secondary N) is 1. The fourth-order valence-corrected chi connectivity index (χ4v) is 1.98. The van der Waals surface area contributed by atoms with Crippen LogP contribution in [0.25, 0.3) is 0 Å². The number of aliphatic carboxylic acids is 1. The highest BCUT2D eigenvalue weighted by molar-refractivity contribution is 5.78. The predicted octanol–water partition coefficient (Wildman–Crippen LogP) is 2.04. The van der Waals surface area contributed by atoms with Crippen LogP contribution < -0.4 is 5.32 Å². The Morgan fingerprint density at radius 1 is 1.39 bits per heavy atom. The quantitative estimate of drug-likeness (QED) is 0.797. The summed E-state index contributed by atoms with van der Waals surface area (Å²) in [6.07, 6.45) is 0.276. The highest BCUT2D eigenvalue weighted by Gasteiger charge is 2.37. The Kier molecular flexibility index (Phi) is 5.04. The van der Waals surface area contributed by atoms with E-state index in [1.54, 1.807) is 6.92 Å². The lowest BCUT2D eigenvalue weighted by Gasteiger charge is -2.27. The lowest BCUT2D eigenvalue weighted by molar-refractivity contribution is -0.141. The number of alkyl halides is 2. The molecular weight excluding hydrogens is 244 g/mol. The molecule has 0 aliphatic heterocycles. The monoisotopic (exact) mass is 263 g/mol. The van der Waals surface area contributed by atoms with Gasteiger partial charge in [-0.05, 0) is 19.3 Å². The second-order valence-corrected chi connectivity index (χ2v) is 4.95. The summed E-state index contributed by atoms with van der Waals surface area (Å²) in [6, 6.07) is 0. The van der Waals surface area contributed by atoms with Crippen LogP contribution in [0.1, 0.15) is 39.0 Å². The minimum atomic E-state index is -2.63. The van der Waals surface area contributed by atoms with E-state index in [0.29, 0.717) is 6.42 Å². The molecule has 6 heteroatoms. The standard InChI is InChI=1S/C12H19F2NO3/c1-8(11(17)18)4-7-15-10(16)9-2-5-12(13,14)6-3-9/h8-9H,2-7H2,1H3,(H,15,16)(H,17,18). The maximum absolute atomic E-state index is 12.9. The molecule has 4 nitrogen and oxygen atoms in total. The van der Waals surface area contributed by atoms with Crippen molar-refractivity contribution in [1.29, 1.82) is 0 Å². The average molecular weight is 263 g/mol. The highest BCUT2D eigenvalue weighted by Crippen LogP contribution is 2.36. The van der Waals surface area contributed by atoms with Crippen molar-refractivity contribution < 1.29 is 23.5 Å². The largest absolute Gasteiger partial charge is 0.481 e. The second-order valence-electron chi connectivity index (χ2n) is 4.95. The molecule has 0 spiro atoms. The summed E-state index contributed by atoms with van der Waals surface area (Å²) in [5, 5.41) is 11.3. The lowest BCUT2D eigenvalue weighted by Crippen LogP contribution is -2.36. The molecule has 0 aromatic carbocycles.